The normalized spacial score (nSPS) is 12.5. The zero-order valence-electron chi connectivity index (χ0n) is 12.4. The van der Waals surface area contributed by atoms with Crippen molar-refractivity contribution < 1.29 is 5.11 Å². The number of hydrogen-bond acceptors (Lipinski definition) is 2. The van der Waals surface area contributed by atoms with Crippen LogP contribution in [0.2, 0.25) is 0 Å². The third-order valence-electron chi connectivity index (χ3n) is 4.02. The standard InChI is InChI=1S/C19H19NO/c1-13-8-9-15(11-14(13)2)12-18(21)17-7-3-5-16-6-4-10-20-19(16)17/h3-11,18,21H,12H2,1-2H3. The van der Waals surface area contributed by atoms with Crippen LogP contribution in [0, 0.1) is 13.8 Å². The quantitative estimate of drug-likeness (QED) is 0.781. The second-order valence-electron chi connectivity index (χ2n) is 5.56. The summed E-state index contributed by atoms with van der Waals surface area (Å²) in [6.07, 6.45) is 1.84. The number of fused-ring (bicyclic) bond motifs is 1. The molecular formula is C19H19NO. The first-order valence-corrected chi connectivity index (χ1v) is 7.23. The first kappa shape index (κ1) is 13.8. The molecule has 0 saturated heterocycles. The first-order chi connectivity index (χ1) is 10.1. The van der Waals surface area contributed by atoms with Gasteiger partial charge in [0.05, 0.1) is 11.6 Å². The van der Waals surface area contributed by atoms with Gasteiger partial charge in [-0.15, -0.1) is 0 Å². The van der Waals surface area contributed by atoms with E-state index in [1.807, 2.05) is 30.3 Å². The largest absolute Gasteiger partial charge is 0.388 e. The van der Waals surface area contributed by atoms with Crippen LogP contribution in [0.4, 0.5) is 0 Å². The van der Waals surface area contributed by atoms with Gasteiger partial charge in [0.2, 0.25) is 0 Å². The topological polar surface area (TPSA) is 33.1 Å². The third-order valence-corrected chi connectivity index (χ3v) is 4.02. The Hall–Kier alpha value is -2.19. The highest BCUT2D eigenvalue weighted by Gasteiger charge is 2.13. The number of rotatable bonds is 3. The highest BCUT2D eigenvalue weighted by molar-refractivity contribution is 5.81. The maximum absolute atomic E-state index is 10.6. The molecule has 106 valence electrons. The Kier molecular flexibility index (Phi) is 3.72. The highest BCUT2D eigenvalue weighted by Crippen LogP contribution is 2.25. The first-order valence-electron chi connectivity index (χ1n) is 7.23. The average Bonchev–Trinajstić information content (AvgIpc) is 2.50. The molecule has 0 bridgehead atoms. The van der Waals surface area contributed by atoms with E-state index in [4.69, 9.17) is 0 Å². The predicted octanol–water partition coefficient (Wildman–Crippen LogP) is 4.13. The Balaban J connectivity index is 1.93. The van der Waals surface area contributed by atoms with Gasteiger partial charge in [-0.25, -0.2) is 0 Å². The summed E-state index contributed by atoms with van der Waals surface area (Å²) >= 11 is 0. The Morgan fingerprint density at radius 3 is 2.62 bits per heavy atom. The molecule has 0 aliphatic rings. The fourth-order valence-electron chi connectivity index (χ4n) is 2.66. The second-order valence-corrected chi connectivity index (χ2v) is 5.56. The molecule has 0 amide bonds. The molecule has 1 aromatic heterocycles. The van der Waals surface area contributed by atoms with Gasteiger partial charge < -0.3 is 5.11 Å². The summed E-state index contributed by atoms with van der Waals surface area (Å²) in [7, 11) is 0. The number of hydrogen-bond donors (Lipinski definition) is 1. The van der Waals surface area contributed by atoms with Crippen LogP contribution in [0.5, 0.6) is 0 Å². The van der Waals surface area contributed by atoms with Crippen molar-refractivity contribution >= 4 is 10.9 Å². The number of aliphatic hydroxyl groups excluding tert-OH is 1. The van der Waals surface area contributed by atoms with Gasteiger partial charge in [0, 0.05) is 23.6 Å². The van der Waals surface area contributed by atoms with Crippen molar-refractivity contribution in [3.8, 4) is 0 Å². The van der Waals surface area contributed by atoms with Crippen LogP contribution >= 0.6 is 0 Å². The van der Waals surface area contributed by atoms with E-state index >= 15 is 0 Å². The molecule has 2 aromatic carbocycles. The molecule has 3 rings (SSSR count). The third kappa shape index (κ3) is 2.81. The highest BCUT2D eigenvalue weighted by atomic mass is 16.3. The van der Waals surface area contributed by atoms with Crippen LogP contribution in [0.3, 0.4) is 0 Å². The Bertz CT molecular complexity index is 774. The molecule has 0 saturated carbocycles. The van der Waals surface area contributed by atoms with Gasteiger partial charge in [0.15, 0.2) is 0 Å². The molecule has 1 atom stereocenters. The van der Waals surface area contributed by atoms with Crippen molar-refractivity contribution in [1.29, 1.82) is 0 Å². The van der Waals surface area contributed by atoms with Crippen LogP contribution in [0.1, 0.15) is 28.4 Å². The molecule has 1 unspecified atom stereocenters. The SMILES string of the molecule is Cc1ccc(CC(O)c2cccc3cccnc23)cc1C. The lowest BCUT2D eigenvalue weighted by molar-refractivity contribution is 0.180. The van der Waals surface area contributed by atoms with Gasteiger partial charge in [-0.05, 0) is 36.6 Å². The van der Waals surface area contributed by atoms with E-state index in [1.165, 1.54) is 11.1 Å². The van der Waals surface area contributed by atoms with Gasteiger partial charge in [-0.2, -0.15) is 0 Å². The van der Waals surface area contributed by atoms with Crippen molar-refractivity contribution in [3.05, 3.63) is 77.0 Å². The van der Waals surface area contributed by atoms with Crippen molar-refractivity contribution in [2.75, 3.05) is 0 Å². The number of aryl methyl sites for hydroxylation is 2. The average molecular weight is 277 g/mol. The Labute approximate surface area is 125 Å². The minimum Gasteiger partial charge on any atom is -0.388 e. The summed E-state index contributed by atoms with van der Waals surface area (Å²) in [5.74, 6) is 0. The lowest BCUT2D eigenvalue weighted by Gasteiger charge is -2.14. The molecule has 2 heteroatoms. The fourth-order valence-corrected chi connectivity index (χ4v) is 2.66. The Morgan fingerprint density at radius 2 is 1.81 bits per heavy atom. The number of aliphatic hydroxyl groups is 1. The zero-order chi connectivity index (χ0) is 14.8. The lowest BCUT2D eigenvalue weighted by Crippen LogP contribution is -2.03. The van der Waals surface area contributed by atoms with Crippen molar-refractivity contribution in [2.24, 2.45) is 0 Å². The summed E-state index contributed by atoms with van der Waals surface area (Å²) in [5, 5.41) is 11.7. The lowest BCUT2D eigenvalue weighted by atomic mass is 9.97. The molecule has 1 heterocycles. The van der Waals surface area contributed by atoms with Crippen molar-refractivity contribution in [3.63, 3.8) is 0 Å². The fraction of sp³-hybridized carbons (Fsp3) is 0.211. The number of para-hydroxylation sites is 1. The van der Waals surface area contributed by atoms with Crippen molar-refractivity contribution in [1.82, 2.24) is 4.98 Å². The smallest absolute Gasteiger partial charge is 0.0851 e. The molecule has 0 radical (unpaired) electrons. The predicted molar refractivity (Wildman–Crippen MR) is 86.3 cm³/mol. The van der Waals surface area contributed by atoms with Crippen LogP contribution < -0.4 is 0 Å². The van der Waals surface area contributed by atoms with E-state index in [1.54, 1.807) is 6.20 Å². The van der Waals surface area contributed by atoms with Gasteiger partial charge in [0.1, 0.15) is 0 Å². The van der Waals surface area contributed by atoms with Gasteiger partial charge in [0.25, 0.3) is 0 Å². The number of nitrogens with zero attached hydrogens (tertiary/aromatic N) is 1. The maximum Gasteiger partial charge on any atom is 0.0851 e. The van der Waals surface area contributed by atoms with E-state index in [-0.39, 0.29) is 0 Å². The van der Waals surface area contributed by atoms with E-state index < -0.39 is 6.10 Å². The maximum atomic E-state index is 10.6. The zero-order valence-corrected chi connectivity index (χ0v) is 12.4. The molecular weight excluding hydrogens is 258 g/mol. The molecule has 3 aromatic rings. The van der Waals surface area contributed by atoms with E-state index in [0.717, 1.165) is 22.0 Å². The van der Waals surface area contributed by atoms with Crippen LogP contribution in [-0.4, -0.2) is 10.1 Å². The van der Waals surface area contributed by atoms with Crippen LogP contribution in [0.25, 0.3) is 10.9 Å². The molecule has 0 aliphatic heterocycles. The second kappa shape index (κ2) is 5.66. The van der Waals surface area contributed by atoms with E-state index in [9.17, 15) is 5.11 Å². The molecule has 21 heavy (non-hydrogen) atoms. The van der Waals surface area contributed by atoms with Crippen LogP contribution in [-0.2, 0) is 6.42 Å². The summed E-state index contributed by atoms with van der Waals surface area (Å²) in [4.78, 5) is 4.42. The van der Waals surface area contributed by atoms with Gasteiger partial charge in [-0.1, -0.05) is 42.5 Å². The number of pyridine rings is 1. The number of benzene rings is 2. The van der Waals surface area contributed by atoms with Gasteiger partial charge in [-0.3, -0.25) is 4.98 Å². The molecule has 2 nitrogen and oxygen atoms in total. The number of aromatic nitrogens is 1. The summed E-state index contributed by atoms with van der Waals surface area (Å²) in [6.45, 7) is 4.20. The minimum atomic E-state index is -0.536. The molecule has 1 N–H and O–H groups in total. The van der Waals surface area contributed by atoms with Crippen molar-refractivity contribution in [2.45, 2.75) is 26.4 Å². The summed E-state index contributed by atoms with van der Waals surface area (Å²) in [5.41, 5.74) is 5.47. The minimum absolute atomic E-state index is 0.536. The summed E-state index contributed by atoms with van der Waals surface area (Å²) in [6, 6.07) is 16.2. The molecule has 0 fully saturated rings. The van der Waals surface area contributed by atoms with E-state index in [2.05, 4.69) is 37.0 Å². The van der Waals surface area contributed by atoms with Crippen LogP contribution in [0.15, 0.2) is 54.7 Å². The molecule has 0 aliphatic carbocycles. The molecule has 0 spiro atoms. The Morgan fingerprint density at radius 1 is 1.00 bits per heavy atom. The van der Waals surface area contributed by atoms with E-state index in [0.29, 0.717) is 6.42 Å². The van der Waals surface area contributed by atoms with Gasteiger partial charge >= 0.3 is 0 Å². The monoisotopic (exact) mass is 277 g/mol. The summed E-state index contributed by atoms with van der Waals surface area (Å²) < 4.78 is 0.